The molecule has 2 aliphatic heterocycles. The second-order valence-electron chi connectivity index (χ2n) is 5.30. The molecule has 100 valence electrons. The fourth-order valence-electron chi connectivity index (χ4n) is 2.66. The Balaban J connectivity index is 1.84. The maximum absolute atomic E-state index is 12.2. The molecule has 0 spiro atoms. The number of carbonyl (C=O) groups is 1. The quantitative estimate of drug-likeness (QED) is 0.699. The molecule has 1 unspecified atom stereocenters. The number of rotatable bonds is 2. The molecule has 5 heteroatoms. The van der Waals surface area contributed by atoms with Gasteiger partial charge in [0.1, 0.15) is 0 Å². The van der Waals surface area contributed by atoms with E-state index in [4.69, 9.17) is 5.26 Å². The second-order valence-corrected chi connectivity index (χ2v) is 5.30. The van der Waals surface area contributed by atoms with Crippen LogP contribution in [0.1, 0.15) is 19.3 Å². The summed E-state index contributed by atoms with van der Waals surface area (Å²) in [6.07, 6.45) is 3.12. The lowest BCUT2D eigenvalue weighted by Crippen LogP contribution is -2.51. The van der Waals surface area contributed by atoms with Gasteiger partial charge in [0.25, 0.3) is 0 Å². The lowest BCUT2D eigenvalue weighted by Gasteiger charge is -2.36. The minimum atomic E-state index is -0.0600. The van der Waals surface area contributed by atoms with Crippen molar-refractivity contribution in [1.29, 1.82) is 5.26 Å². The van der Waals surface area contributed by atoms with E-state index in [1.54, 1.807) is 0 Å². The average molecular weight is 250 g/mol. The van der Waals surface area contributed by atoms with Gasteiger partial charge in [-0.1, -0.05) is 0 Å². The fraction of sp³-hybridized carbons (Fsp3) is 0.846. The van der Waals surface area contributed by atoms with Crippen molar-refractivity contribution in [2.75, 3.05) is 46.3 Å². The maximum atomic E-state index is 12.2. The molecule has 1 amide bonds. The molecule has 0 aromatic rings. The van der Waals surface area contributed by atoms with E-state index in [1.807, 2.05) is 9.80 Å². The molecule has 0 aromatic carbocycles. The molecule has 18 heavy (non-hydrogen) atoms. The van der Waals surface area contributed by atoms with Crippen molar-refractivity contribution >= 4 is 5.91 Å². The Labute approximate surface area is 109 Å². The molecule has 2 fully saturated rings. The van der Waals surface area contributed by atoms with Gasteiger partial charge in [0.05, 0.1) is 18.7 Å². The number of nitriles is 1. The molecule has 2 aliphatic rings. The molecule has 5 nitrogen and oxygen atoms in total. The van der Waals surface area contributed by atoms with Crippen molar-refractivity contribution < 1.29 is 4.79 Å². The minimum absolute atomic E-state index is 0.0600. The number of carbonyl (C=O) groups excluding carboxylic acids is 1. The largest absolute Gasteiger partial charge is 0.339 e. The van der Waals surface area contributed by atoms with Gasteiger partial charge in [-0.05, 0) is 32.9 Å². The van der Waals surface area contributed by atoms with Gasteiger partial charge in [-0.2, -0.15) is 5.26 Å². The molecule has 2 rings (SSSR count). The highest BCUT2D eigenvalue weighted by molar-refractivity contribution is 5.78. The maximum Gasteiger partial charge on any atom is 0.236 e. The van der Waals surface area contributed by atoms with E-state index >= 15 is 0 Å². The van der Waals surface area contributed by atoms with Gasteiger partial charge >= 0.3 is 0 Å². The van der Waals surface area contributed by atoms with E-state index in [0.717, 1.165) is 52.0 Å². The van der Waals surface area contributed by atoms with Crippen LogP contribution >= 0.6 is 0 Å². The molecule has 0 bridgehead atoms. The van der Waals surface area contributed by atoms with E-state index in [0.29, 0.717) is 6.54 Å². The smallest absolute Gasteiger partial charge is 0.236 e. The summed E-state index contributed by atoms with van der Waals surface area (Å²) in [6.45, 7) is 4.85. The van der Waals surface area contributed by atoms with Crippen LogP contribution in [0.2, 0.25) is 0 Å². The topological polar surface area (TPSA) is 50.6 Å². The number of likely N-dealkylation sites (tertiary alicyclic amines) is 1. The SMILES string of the molecule is CN1CCN(C(=O)CN2CCCCC2C#N)CC1. The van der Waals surface area contributed by atoms with Crippen molar-refractivity contribution in [1.82, 2.24) is 14.7 Å². The van der Waals surface area contributed by atoms with Crippen molar-refractivity contribution in [2.24, 2.45) is 0 Å². The zero-order chi connectivity index (χ0) is 13.0. The lowest BCUT2D eigenvalue weighted by atomic mass is 10.0. The standard InChI is InChI=1S/C13H22N4O/c1-15-6-8-16(9-7-15)13(18)11-17-5-3-2-4-12(17)10-14/h12H,2-9,11H2,1H3. The Bertz CT molecular complexity index is 330. The highest BCUT2D eigenvalue weighted by Crippen LogP contribution is 2.16. The van der Waals surface area contributed by atoms with E-state index in [-0.39, 0.29) is 11.9 Å². The first-order chi connectivity index (χ1) is 8.70. The molecule has 0 N–H and O–H groups in total. The summed E-state index contributed by atoms with van der Waals surface area (Å²) < 4.78 is 0. The van der Waals surface area contributed by atoms with Crippen LogP contribution in [0, 0.1) is 11.3 Å². The second kappa shape index (κ2) is 6.17. The Morgan fingerprint density at radius 1 is 1.22 bits per heavy atom. The molecule has 2 heterocycles. The molecule has 0 aliphatic carbocycles. The monoisotopic (exact) mass is 250 g/mol. The molecule has 0 radical (unpaired) electrons. The van der Waals surface area contributed by atoms with Crippen LogP contribution in [0.4, 0.5) is 0 Å². The first-order valence-electron chi connectivity index (χ1n) is 6.80. The average Bonchev–Trinajstić information content (AvgIpc) is 2.40. The van der Waals surface area contributed by atoms with Gasteiger partial charge in [0.2, 0.25) is 5.91 Å². The van der Waals surface area contributed by atoms with Gasteiger partial charge in [0, 0.05) is 26.2 Å². The summed E-state index contributed by atoms with van der Waals surface area (Å²) in [5.41, 5.74) is 0. The van der Waals surface area contributed by atoms with Crippen LogP contribution in [-0.2, 0) is 4.79 Å². The first kappa shape index (κ1) is 13.3. The number of hydrogen-bond acceptors (Lipinski definition) is 4. The van der Waals surface area contributed by atoms with E-state index < -0.39 is 0 Å². The van der Waals surface area contributed by atoms with Gasteiger partial charge < -0.3 is 9.80 Å². The van der Waals surface area contributed by atoms with Gasteiger partial charge in [0.15, 0.2) is 0 Å². The zero-order valence-electron chi connectivity index (χ0n) is 11.1. The predicted molar refractivity (Wildman–Crippen MR) is 68.9 cm³/mol. The Morgan fingerprint density at radius 2 is 1.94 bits per heavy atom. The van der Waals surface area contributed by atoms with Crippen LogP contribution in [0.15, 0.2) is 0 Å². The first-order valence-corrected chi connectivity index (χ1v) is 6.80. The molecule has 0 aromatic heterocycles. The number of likely N-dealkylation sites (N-methyl/N-ethyl adjacent to an activating group) is 1. The Hall–Kier alpha value is -1.12. The van der Waals surface area contributed by atoms with Crippen molar-refractivity contribution in [3.63, 3.8) is 0 Å². The van der Waals surface area contributed by atoms with Gasteiger partial charge in [-0.25, -0.2) is 0 Å². The van der Waals surface area contributed by atoms with Crippen LogP contribution in [0.3, 0.4) is 0 Å². The summed E-state index contributed by atoms with van der Waals surface area (Å²) in [6, 6.07) is 2.26. The summed E-state index contributed by atoms with van der Waals surface area (Å²) in [7, 11) is 2.08. The molecule has 1 atom stereocenters. The third-order valence-corrected chi connectivity index (χ3v) is 3.96. The number of nitrogens with zero attached hydrogens (tertiary/aromatic N) is 4. The number of piperazine rings is 1. The Morgan fingerprint density at radius 3 is 2.61 bits per heavy atom. The van der Waals surface area contributed by atoms with E-state index in [2.05, 4.69) is 18.0 Å². The number of amides is 1. The highest BCUT2D eigenvalue weighted by Gasteiger charge is 2.26. The number of hydrogen-bond donors (Lipinski definition) is 0. The third-order valence-electron chi connectivity index (χ3n) is 3.96. The van der Waals surface area contributed by atoms with Crippen LogP contribution < -0.4 is 0 Å². The van der Waals surface area contributed by atoms with Crippen LogP contribution in [-0.4, -0.2) is 73.0 Å². The van der Waals surface area contributed by atoms with Crippen molar-refractivity contribution in [3.8, 4) is 6.07 Å². The van der Waals surface area contributed by atoms with Crippen LogP contribution in [0.5, 0.6) is 0 Å². The minimum Gasteiger partial charge on any atom is -0.339 e. The van der Waals surface area contributed by atoms with Gasteiger partial charge in [-0.15, -0.1) is 0 Å². The summed E-state index contributed by atoms with van der Waals surface area (Å²) >= 11 is 0. The Kier molecular flexibility index (Phi) is 4.56. The molecular weight excluding hydrogens is 228 g/mol. The fourth-order valence-corrected chi connectivity index (χ4v) is 2.66. The normalized spacial score (nSPS) is 26.9. The molecule has 0 saturated carbocycles. The lowest BCUT2D eigenvalue weighted by molar-refractivity contribution is -0.134. The molecular formula is C13H22N4O. The van der Waals surface area contributed by atoms with E-state index in [9.17, 15) is 4.79 Å². The highest BCUT2D eigenvalue weighted by atomic mass is 16.2. The van der Waals surface area contributed by atoms with Gasteiger partial charge in [-0.3, -0.25) is 9.69 Å². The summed E-state index contributed by atoms with van der Waals surface area (Å²) in [4.78, 5) is 18.4. The zero-order valence-corrected chi connectivity index (χ0v) is 11.1. The predicted octanol–water partition coefficient (Wildman–Crippen LogP) is 0.138. The third kappa shape index (κ3) is 3.21. The van der Waals surface area contributed by atoms with Crippen molar-refractivity contribution in [2.45, 2.75) is 25.3 Å². The summed E-state index contributed by atoms with van der Waals surface area (Å²) in [5.74, 6) is 0.185. The molecule has 2 saturated heterocycles. The van der Waals surface area contributed by atoms with Crippen LogP contribution in [0.25, 0.3) is 0 Å². The van der Waals surface area contributed by atoms with E-state index in [1.165, 1.54) is 0 Å². The summed E-state index contributed by atoms with van der Waals surface area (Å²) in [5, 5.41) is 9.10. The number of piperidine rings is 1. The van der Waals surface area contributed by atoms with Crippen molar-refractivity contribution in [3.05, 3.63) is 0 Å².